The van der Waals surface area contributed by atoms with Crippen LogP contribution >= 0.6 is 0 Å². The summed E-state index contributed by atoms with van der Waals surface area (Å²) in [5.74, 6) is 0.740. The molecule has 0 bridgehead atoms. The monoisotopic (exact) mass is 246 g/mol. The van der Waals surface area contributed by atoms with Crippen molar-refractivity contribution in [3.05, 3.63) is 62.4 Å². The van der Waals surface area contributed by atoms with E-state index in [2.05, 4.69) is 4.98 Å². The summed E-state index contributed by atoms with van der Waals surface area (Å²) < 4.78 is 6.23. The molecule has 0 radical (unpaired) electrons. The molecule has 1 aromatic heterocycles. The van der Waals surface area contributed by atoms with Gasteiger partial charge in [-0.05, 0) is 24.6 Å². The molecule has 1 N–H and O–H groups in total. The highest BCUT2D eigenvalue weighted by Crippen LogP contribution is 2.11. The zero-order valence-corrected chi connectivity index (χ0v) is 10.3. The number of rotatable bonds is 3. The van der Waals surface area contributed by atoms with Crippen molar-refractivity contribution in [3.8, 4) is 5.75 Å². The third kappa shape index (κ3) is 2.34. The Hall–Kier alpha value is -2.30. The van der Waals surface area contributed by atoms with Crippen LogP contribution in [0.15, 0.2) is 40.1 Å². The highest BCUT2D eigenvalue weighted by molar-refractivity contribution is 5.27. The number of aryl methyl sites for hydroxylation is 1. The second kappa shape index (κ2) is 4.91. The van der Waals surface area contributed by atoms with Gasteiger partial charge in [-0.1, -0.05) is 12.1 Å². The largest absolute Gasteiger partial charge is 0.497 e. The Morgan fingerprint density at radius 2 is 1.89 bits per heavy atom. The summed E-state index contributed by atoms with van der Waals surface area (Å²) in [5.41, 5.74) is 0.716. The number of hydrogen-bond donors (Lipinski definition) is 1. The number of aromatic nitrogens is 2. The number of H-pyrrole nitrogens is 1. The van der Waals surface area contributed by atoms with Gasteiger partial charge in [0.25, 0.3) is 5.56 Å². The topological polar surface area (TPSA) is 64.1 Å². The van der Waals surface area contributed by atoms with E-state index in [1.54, 1.807) is 26.2 Å². The van der Waals surface area contributed by atoms with Crippen LogP contribution < -0.4 is 16.0 Å². The first-order valence-corrected chi connectivity index (χ1v) is 5.54. The van der Waals surface area contributed by atoms with Gasteiger partial charge >= 0.3 is 5.69 Å². The SMILES string of the molecule is COc1ccc(Cn2c(=O)[nH]cc(C)c2=O)cc1. The molecule has 1 heterocycles. The second-order valence-electron chi connectivity index (χ2n) is 4.02. The highest BCUT2D eigenvalue weighted by atomic mass is 16.5. The number of nitrogens with zero attached hydrogens (tertiary/aromatic N) is 1. The van der Waals surface area contributed by atoms with Gasteiger partial charge < -0.3 is 9.72 Å². The molecule has 0 atom stereocenters. The first-order chi connectivity index (χ1) is 8.61. The number of methoxy groups -OCH3 is 1. The maximum Gasteiger partial charge on any atom is 0.328 e. The smallest absolute Gasteiger partial charge is 0.328 e. The van der Waals surface area contributed by atoms with Crippen molar-refractivity contribution in [3.63, 3.8) is 0 Å². The van der Waals surface area contributed by atoms with Crippen LogP contribution in [0.1, 0.15) is 11.1 Å². The zero-order chi connectivity index (χ0) is 13.1. The van der Waals surface area contributed by atoms with Crippen molar-refractivity contribution in [1.82, 2.24) is 9.55 Å². The maximum atomic E-state index is 11.8. The van der Waals surface area contributed by atoms with Gasteiger partial charge in [0.1, 0.15) is 5.75 Å². The lowest BCUT2D eigenvalue weighted by molar-refractivity contribution is 0.414. The van der Waals surface area contributed by atoms with E-state index in [-0.39, 0.29) is 12.1 Å². The van der Waals surface area contributed by atoms with E-state index in [1.807, 2.05) is 12.1 Å². The molecule has 0 aliphatic heterocycles. The standard InChI is InChI=1S/C13H14N2O3/c1-9-7-14-13(17)15(12(9)16)8-10-3-5-11(18-2)6-4-10/h3-7H,8H2,1-2H3,(H,14,17). The summed E-state index contributed by atoms with van der Waals surface area (Å²) >= 11 is 0. The molecule has 2 rings (SSSR count). The van der Waals surface area contributed by atoms with E-state index < -0.39 is 5.69 Å². The molecule has 0 aliphatic rings. The molecule has 0 amide bonds. The molecular weight excluding hydrogens is 232 g/mol. The summed E-state index contributed by atoms with van der Waals surface area (Å²) in [6.07, 6.45) is 1.43. The fourth-order valence-corrected chi connectivity index (χ4v) is 1.67. The van der Waals surface area contributed by atoms with Gasteiger partial charge in [-0.2, -0.15) is 0 Å². The number of benzene rings is 1. The molecule has 5 nitrogen and oxygen atoms in total. The molecule has 2 aromatic rings. The van der Waals surface area contributed by atoms with Crippen molar-refractivity contribution >= 4 is 0 Å². The fourth-order valence-electron chi connectivity index (χ4n) is 1.67. The minimum absolute atomic E-state index is 0.250. The summed E-state index contributed by atoms with van der Waals surface area (Å²) in [6.45, 7) is 1.92. The van der Waals surface area contributed by atoms with Crippen molar-refractivity contribution in [2.75, 3.05) is 7.11 Å². The number of ether oxygens (including phenoxy) is 1. The summed E-state index contributed by atoms with van der Waals surface area (Å²) in [7, 11) is 1.59. The van der Waals surface area contributed by atoms with Crippen molar-refractivity contribution in [1.29, 1.82) is 0 Å². The van der Waals surface area contributed by atoms with Gasteiger partial charge in [0, 0.05) is 11.8 Å². The van der Waals surface area contributed by atoms with Gasteiger partial charge in [0.05, 0.1) is 13.7 Å². The Morgan fingerprint density at radius 1 is 1.22 bits per heavy atom. The average molecular weight is 246 g/mol. The lowest BCUT2D eigenvalue weighted by atomic mass is 10.2. The molecule has 94 valence electrons. The molecular formula is C13H14N2O3. The Kier molecular flexibility index (Phi) is 3.32. The van der Waals surface area contributed by atoms with Crippen molar-refractivity contribution in [2.45, 2.75) is 13.5 Å². The Labute approximate surface area is 104 Å². The van der Waals surface area contributed by atoms with Crippen LogP contribution in [0.25, 0.3) is 0 Å². The molecule has 0 fully saturated rings. The first-order valence-electron chi connectivity index (χ1n) is 5.54. The summed E-state index contributed by atoms with van der Waals surface area (Å²) in [4.78, 5) is 26.0. The van der Waals surface area contributed by atoms with Crippen LogP contribution in [-0.4, -0.2) is 16.7 Å². The predicted octanol–water partition coefficient (Wildman–Crippen LogP) is 0.902. The first kappa shape index (κ1) is 12.2. The predicted molar refractivity (Wildman–Crippen MR) is 68.2 cm³/mol. The van der Waals surface area contributed by atoms with Crippen LogP contribution in [0.4, 0.5) is 0 Å². The van der Waals surface area contributed by atoms with Gasteiger partial charge in [0.2, 0.25) is 0 Å². The van der Waals surface area contributed by atoms with Gasteiger partial charge in [-0.15, -0.1) is 0 Å². The molecule has 5 heteroatoms. The number of hydrogen-bond acceptors (Lipinski definition) is 3. The van der Waals surface area contributed by atoms with Gasteiger partial charge in [-0.3, -0.25) is 9.36 Å². The molecule has 0 saturated heterocycles. The minimum atomic E-state index is -0.401. The van der Waals surface area contributed by atoms with E-state index in [9.17, 15) is 9.59 Å². The van der Waals surface area contributed by atoms with E-state index in [0.717, 1.165) is 11.3 Å². The molecule has 0 saturated carbocycles. The quantitative estimate of drug-likeness (QED) is 0.875. The van der Waals surface area contributed by atoms with E-state index in [1.165, 1.54) is 10.8 Å². The van der Waals surface area contributed by atoms with Gasteiger partial charge in [-0.25, -0.2) is 4.79 Å². The summed E-state index contributed by atoms with van der Waals surface area (Å²) in [5, 5.41) is 0. The van der Waals surface area contributed by atoms with Crippen LogP contribution in [0.2, 0.25) is 0 Å². The lowest BCUT2D eigenvalue weighted by Gasteiger charge is -2.06. The fraction of sp³-hybridized carbons (Fsp3) is 0.231. The Bertz CT molecular complexity index is 653. The number of nitrogens with one attached hydrogen (secondary N) is 1. The molecule has 0 unspecified atom stereocenters. The Morgan fingerprint density at radius 3 is 2.50 bits per heavy atom. The highest BCUT2D eigenvalue weighted by Gasteiger charge is 2.04. The lowest BCUT2D eigenvalue weighted by Crippen LogP contribution is -2.36. The van der Waals surface area contributed by atoms with Gasteiger partial charge in [0.15, 0.2) is 0 Å². The van der Waals surface area contributed by atoms with Crippen LogP contribution in [0, 0.1) is 6.92 Å². The Balaban J connectivity index is 2.37. The molecule has 1 aromatic carbocycles. The summed E-state index contributed by atoms with van der Waals surface area (Å²) in [6, 6.07) is 7.24. The van der Waals surface area contributed by atoms with Crippen molar-refractivity contribution in [2.24, 2.45) is 0 Å². The van der Waals surface area contributed by atoms with E-state index >= 15 is 0 Å². The minimum Gasteiger partial charge on any atom is -0.497 e. The molecule has 18 heavy (non-hydrogen) atoms. The molecule has 0 spiro atoms. The third-order valence-electron chi connectivity index (χ3n) is 2.74. The van der Waals surface area contributed by atoms with Crippen LogP contribution in [0.5, 0.6) is 5.75 Å². The van der Waals surface area contributed by atoms with E-state index in [0.29, 0.717) is 5.56 Å². The zero-order valence-electron chi connectivity index (χ0n) is 10.3. The average Bonchev–Trinajstić information content (AvgIpc) is 2.40. The number of aromatic amines is 1. The maximum absolute atomic E-state index is 11.8. The third-order valence-corrected chi connectivity index (χ3v) is 2.74. The second-order valence-corrected chi connectivity index (χ2v) is 4.02. The van der Waals surface area contributed by atoms with Crippen LogP contribution in [0.3, 0.4) is 0 Å². The molecule has 0 aliphatic carbocycles. The van der Waals surface area contributed by atoms with Crippen molar-refractivity contribution < 1.29 is 4.74 Å². The van der Waals surface area contributed by atoms with Crippen LogP contribution in [-0.2, 0) is 6.54 Å². The van der Waals surface area contributed by atoms with E-state index in [4.69, 9.17) is 4.74 Å². The normalized spacial score (nSPS) is 10.3.